The molecule has 2 aromatic carbocycles. The Labute approximate surface area is 362 Å². The Morgan fingerprint density at radius 3 is 2.44 bits per heavy atom. The summed E-state index contributed by atoms with van der Waals surface area (Å²) in [5, 5.41) is 21.6. The zero-order valence-electron chi connectivity index (χ0n) is 35.0. The second-order valence-corrected chi connectivity index (χ2v) is 18.0. The fraction of sp³-hybridized carbons (Fsp3) is 0.488. The summed E-state index contributed by atoms with van der Waals surface area (Å²) in [4.78, 5) is 66.9. The first-order valence-electron chi connectivity index (χ1n) is 20.4. The summed E-state index contributed by atoms with van der Waals surface area (Å²) in [6.45, 7) is 11.3. The lowest BCUT2D eigenvalue weighted by Crippen LogP contribution is -2.57. The topological polar surface area (TPSA) is 175 Å². The molecule has 2 aliphatic heterocycles. The Morgan fingerprint density at radius 2 is 1.75 bits per heavy atom. The van der Waals surface area contributed by atoms with Gasteiger partial charge in [-0.05, 0) is 55.4 Å². The van der Waals surface area contributed by atoms with E-state index in [4.69, 9.17) is 9.47 Å². The first kappa shape index (κ1) is 45.5. The number of nitrogens with zero attached hydrogens (tertiary/aromatic N) is 4. The minimum Gasteiger partial charge on any atom is -0.480 e. The predicted octanol–water partition coefficient (Wildman–Crippen LogP) is 5.39. The standard InChI is InChI=1S/C43H53F2N7O7S2/c1-25(27-9-11-28(12-10-27)38-26(2)47-24-61-38)48-40(56)33-20-29(53)21-52(33)41(57)39(43(3,4)5)50-34(54)8-6-7-15-46-35(55)22-59-37-30(13-14-31(44)36(37)45)32-23-60-42(49-32)51-16-18-58-19-17-51/h9-14,23-25,29,33,39,53H,6-8,15-22H2,1-5H3,(H,46,55)(H,48,56)(H,50,54). The summed E-state index contributed by atoms with van der Waals surface area (Å²) in [5.74, 6) is -4.57. The number of β-amino-alcohol motifs (C(OH)–C–C–N with tert-alkyl or cyclic N) is 1. The van der Waals surface area contributed by atoms with Crippen molar-refractivity contribution in [2.75, 3.05) is 50.9 Å². The van der Waals surface area contributed by atoms with Gasteiger partial charge in [0, 0.05) is 50.0 Å². The number of amides is 4. The van der Waals surface area contributed by atoms with Crippen molar-refractivity contribution in [2.45, 2.75) is 84.5 Å². The van der Waals surface area contributed by atoms with Crippen molar-refractivity contribution >= 4 is 51.4 Å². The zero-order valence-corrected chi connectivity index (χ0v) is 36.6. The maximum absolute atomic E-state index is 14.9. The van der Waals surface area contributed by atoms with E-state index in [2.05, 4.69) is 25.9 Å². The SMILES string of the molecule is Cc1ncsc1-c1ccc(C(C)NC(=O)C2CC(O)CN2C(=O)C(NC(=O)CCCCNC(=O)COc2c(-c3csc(N4CCOCC4)n3)ccc(F)c2F)C(C)(C)C)cc1. The van der Waals surface area contributed by atoms with Gasteiger partial charge in [0.05, 0.1) is 47.1 Å². The number of hydrogen-bond acceptors (Lipinski definition) is 12. The van der Waals surface area contributed by atoms with Crippen molar-refractivity contribution in [3.05, 3.63) is 70.2 Å². The van der Waals surface area contributed by atoms with Crippen LogP contribution in [0.1, 0.15) is 70.7 Å². The van der Waals surface area contributed by atoms with Crippen LogP contribution in [0.15, 0.2) is 47.3 Å². The third-order valence-corrected chi connectivity index (χ3v) is 12.5. The van der Waals surface area contributed by atoms with Gasteiger partial charge >= 0.3 is 0 Å². The minimum atomic E-state index is -1.22. The highest BCUT2D eigenvalue weighted by atomic mass is 32.1. The Hall–Kier alpha value is -5.04. The molecule has 4 unspecified atom stereocenters. The number of carbonyl (C=O) groups is 4. The summed E-state index contributed by atoms with van der Waals surface area (Å²) in [7, 11) is 0. The van der Waals surface area contributed by atoms with Gasteiger partial charge in [-0.25, -0.2) is 14.4 Å². The number of morpholine rings is 1. The number of anilines is 1. The summed E-state index contributed by atoms with van der Waals surface area (Å²) in [6.07, 6.45) is -0.0181. The number of likely N-dealkylation sites (tertiary alicyclic amines) is 1. The smallest absolute Gasteiger partial charge is 0.257 e. The minimum absolute atomic E-state index is 0.0477. The van der Waals surface area contributed by atoms with Crippen LogP contribution in [0.2, 0.25) is 0 Å². The molecule has 2 aliphatic rings. The molecule has 0 saturated carbocycles. The molecule has 61 heavy (non-hydrogen) atoms. The molecular formula is C43H53F2N7O7S2. The van der Waals surface area contributed by atoms with E-state index in [1.54, 1.807) is 22.2 Å². The van der Waals surface area contributed by atoms with Crippen LogP contribution in [0.3, 0.4) is 0 Å². The Morgan fingerprint density at radius 1 is 1.02 bits per heavy atom. The van der Waals surface area contributed by atoms with E-state index >= 15 is 0 Å². The molecule has 2 fully saturated rings. The average molecular weight is 882 g/mol. The number of nitrogens with one attached hydrogen (secondary N) is 3. The van der Waals surface area contributed by atoms with Gasteiger partial charge < -0.3 is 40.3 Å². The summed E-state index contributed by atoms with van der Waals surface area (Å²) in [5.41, 5.74) is 4.54. The molecular weight excluding hydrogens is 829 g/mol. The van der Waals surface area contributed by atoms with Crippen molar-refractivity contribution < 1.29 is 42.5 Å². The molecule has 2 saturated heterocycles. The number of ether oxygens (including phenoxy) is 2. The van der Waals surface area contributed by atoms with Crippen LogP contribution >= 0.6 is 22.7 Å². The average Bonchev–Trinajstić information content (AvgIpc) is 4.00. The van der Waals surface area contributed by atoms with Crippen LogP contribution in [-0.4, -0.2) is 108 Å². The molecule has 0 spiro atoms. The number of halogens is 2. The van der Waals surface area contributed by atoms with Crippen molar-refractivity contribution in [3.8, 4) is 27.4 Å². The number of aliphatic hydroxyl groups excluding tert-OH is 1. The van der Waals surface area contributed by atoms with Crippen LogP contribution in [0.25, 0.3) is 21.7 Å². The quantitative estimate of drug-likeness (QED) is 0.107. The Bertz CT molecular complexity index is 2170. The number of benzene rings is 2. The molecule has 0 radical (unpaired) electrons. The fourth-order valence-electron chi connectivity index (χ4n) is 7.24. The zero-order chi connectivity index (χ0) is 43.8. The monoisotopic (exact) mass is 881 g/mol. The van der Waals surface area contributed by atoms with E-state index in [-0.39, 0.29) is 43.4 Å². The normalized spacial score (nSPS) is 17.8. The predicted molar refractivity (Wildman–Crippen MR) is 229 cm³/mol. The molecule has 2 aromatic heterocycles. The first-order chi connectivity index (χ1) is 29.1. The van der Waals surface area contributed by atoms with Gasteiger partial charge in [0.1, 0.15) is 12.1 Å². The van der Waals surface area contributed by atoms with Gasteiger partial charge in [-0.1, -0.05) is 45.0 Å². The molecule has 6 rings (SSSR count). The molecule has 4 atom stereocenters. The number of unbranched alkanes of at least 4 members (excludes halogenated alkanes) is 1. The molecule has 18 heteroatoms. The van der Waals surface area contributed by atoms with Crippen LogP contribution in [0, 0.1) is 24.0 Å². The fourth-order valence-corrected chi connectivity index (χ4v) is 8.93. The Balaban J connectivity index is 0.963. The van der Waals surface area contributed by atoms with E-state index < -0.39 is 65.3 Å². The summed E-state index contributed by atoms with van der Waals surface area (Å²) >= 11 is 2.92. The van der Waals surface area contributed by atoms with Crippen molar-refractivity contribution in [1.82, 2.24) is 30.8 Å². The molecule has 4 aromatic rings. The third kappa shape index (κ3) is 11.5. The van der Waals surface area contributed by atoms with Gasteiger partial charge in [-0.2, -0.15) is 4.39 Å². The van der Waals surface area contributed by atoms with Gasteiger partial charge in [0.2, 0.25) is 23.5 Å². The molecule has 328 valence electrons. The molecule has 0 aliphatic carbocycles. The van der Waals surface area contributed by atoms with Crippen LogP contribution in [0.5, 0.6) is 5.75 Å². The van der Waals surface area contributed by atoms with Gasteiger partial charge in [0.15, 0.2) is 23.3 Å². The molecule has 4 amide bonds. The lowest BCUT2D eigenvalue weighted by atomic mass is 9.85. The number of rotatable bonds is 16. The number of carbonyl (C=O) groups excluding carboxylic acids is 4. The van der Waals surface area contributed by atoms with E-state index in [1.165, 1.54) is 22.3 Å². The molecule has 14 nitrogen and oxygen atoms in total. The highest BCUT2D eigenvalue weighted by Gasteiger charge is 2.44. The van der Waals surface area contributed by atoms with Crippen molar-refractivity contribution in [3.63, 3.8) is 0 Å². The second kappa shape index (κ2) is 20.2. The molecule has 4 heterocycles. The maximum atomic E-state index is 14.9. The van der Waals surface area contributed by atoms with Gasteiger partial charge in [-0.15, -0.1) is 22.7 Å². The van der Waals surface area contributed by atoms with E-state index in [1.807, 2.05) is 63.8 Å². The highest BCUT2D eigenvalue weighted by molar-refractivity contribution is 7.14. The molecule has 0 bridgehead atoms. The molecule has 4 N–H and O–H groups in total. The first-order valence-corrected chi connectivity index (χ1v) is 22.1. The van der Waals surface area contributed by atoms with Crippen molar-refractivity contribution in [1.29, 1.82) is 0 Å². The van der Waals surface area contributed by atoms with Crippen LogP contribution in [0.4, 0.5) is 13.9 Å². The van der Waals surface area contributed by atoms with E-state index in [0.717, 1.165) is 27.8 Å². The van der Waals surface area contributed by atoms with Crippen LogP contribution in [-0.2, 0) is 23.9 Å². The number of aliphatic hydroxyl groups is 1. The number of aromatic nitrogens is 2. The Kier molecular flexibility index (Phi) is 15.1. The maximum Gasteiger partial charge on any atom is 0.257 e. The van der Waals surface area contributed by atoms with Gasteiger partial charge in [0.25, 0.3) is 5.91 Å². The van der Waals surface area contributed by atoms with Gasteiger partial charge in [-0.3, -0.25) is 19.2 Å². The van der Waals surface area contributed by atoms with Crippen molar-refractivity contribution in [2.24, 2.45) is 5.41 Å². The number of aryl methyl sites for hydroxylation is 1. The number of thiazole rings is 2. The summed E-state index contributed by atoms with van der Waals surface area (Å²) in [6, 6.07) is 7.92. The summed E-state index contributed by atoms with van der Waals surface area (Å²) < 4.78 is 40.1. The van der Waals surface area contributed by atoms with E-state index in [0.29, 0.717) is 50.0 Å². The van der Waals surface area contributed by atoms with Crippen LogP contribution < -0.4 is 25.6 Å². The third-order valence-electron chi connectivity index (χ3n) is 10.7. The van der Waals surface area contributed by atoms with E-state index in [9.17, 15) is 33.1 Å². The second-order valence-electron chi connectivity index (χ2n) is 16.3. The number of hydrogen-bond donors (Lipinski definition) is 4. The lowest BCUT2D eigenvalue weighted by molar-refractivity contribution is -0.144. The largest absolute Gasteiger partial charge is 0.480 e. The lowest BCUT2D eigenvalue weighted by Gasteiger charge is -2.35. The highest BCUT2D eigenvalue weighted by Crippen LogP contribution is 2.37.